The number of benzene rings is 1. The van der Waals surface area contributed by atoms with E-state index in [0.717, 1.165) is 11.1 Å². The normalized spacial score (nSPS) is 13.4. The Morgan fingerprint density at radius 2 is 1.94 bits per heavy atom. The average molecular weight is 260 g/mol. The number of ketones is 1. The molecule has 0 bridgehead atoms. The maximum Gasteiger partial charge on any atom is 0.411 e. The summed E-state index contributed by atoms with van der Waals surface area (Å²) in [4.78, 5) is 11.9. The van der Waals surface area contributed by atoms with E-state index in [2.05, 4.69) is 4.74 Å². The monoisotopic (exact) mass is 260 g/mol. The highest BCUT2D eigenvalue weighted by molar-refractivity contribution is 6.00. The zero-order chi connectivity index (χ0) is 13.9. The molecule has 0 aliphatic rings. The van der Waals surface area contributed by atoms with Crippen molar-refractivity contribution in [2.75, 3.05) is 6.61 Å². The molecule has 0 saturated heterocycles. The van der Waals surface area contributed by atoms with Crippen LogP contribution in [0.2, 0.25) is 0 Å². The molecule has 0 saturated carbocycles. The van der Waals surface area contributed by atoms with Gasteiger partial charge in [0.25, 0.3) is 0 Å². The Morgan fingerprint density at radius 1 is 1.33 bits per heavy atom. The minimum atomic E-state index is -4.42. The van der Waals surface area contributed by atoms with Crippen molar-refractivity contribution in [1.82, 2.24) is 0 Å². The van der Waals surface area contributed by atoms with Gasteiger partial charge in [0.15, 0.2) is 5.78 Å². The highest BCUT2D eigenvalue weighted by atomic mass is 19.4. The maximum absolute atomic E-state index is 12.0. The third-order valence-corrected chi connectivity index (χ3v) is 2.52. The van der Waals surface area contributed by atoms with Gasteiger partial charge in [-0.3, -0.25) is 4.79 Å². The topological polar surface area (TPSA) is 26.3 Å². The van der Waals surface area contributed by atoms with Crippen molar-refractivity contribution in [3.63, 3.8) is 0 Å². The van der Waals surface area contributed by atoms with Crippen LogP contribution in [0.15, 0.2) is 18.2 Å². The molecule has 0 radical (unpaired) electrons. The van der Waals surface area contributed by atoms with E-state index in [4.69, 9.17) is 0 Å². The van der Waals surface area contributed by atoms with E-state index >= 15 is 0 Å². The zero-order valence-corrected chi connectivity index (χ0v) is 10.5. The van der Waals surface area contributed by atoms with Crippen LogP contribution in [-0.2, 0) is 4.74 Å². The van der Waals surface area contributed by atoms with Crippen LogP contribution >= 0.6 is 0 Å². The molecule has 1 atom stereocenters. The second-order valence-corrected chi connectivity index (χ2v) is 4.25. The van der Waals surface area contributed by atoms with Crippen molar-refractivity contribution < 1.29 is 22.7 Å². The molecule has 0 heterocycles. The lowest BCUT2D eigenvalue weighted by Gasteiger charge is -2.15. The number of halogens is 3. The molecule has 0 fully saturated rings. The quantitative estimate of drug-likeness (QED) is 0.775. The van der Waals surface area contributed by atoms with Gasteiger partial charge in [0.1, 0.15) is 12.7 Å². The number of carbonyl (C=O) groups excluding carboxylic acids is 1. The summed E-state index contributed by atoms with van der Waals surface area (Å²) in [6.45, 7) is 3.47. The Kier molecular flexibility index (Phi) is 4.51. The van der Waals surface area contributed by atoms with Gasteiger partial charge in [-0.2, -0.15) is 13.2 Å². The van der Waals surface area contributed by atoms with Gasteiger partial charge in [0.2, 0.25) is 0 Å². The Balaban J connectivity index is 2.77. The standard InChI is InChI=1S/C13H15F3O2/c1-8-4-5-9(2)11(6-8)12(17)10(3)18-7-13(14,15)16/h4-6,10H,7H2,1-3H3. The molecule has 0 aromatic heterocycles. The second-order valence-electron chi connectivity index (χ2n) is 4.25. The predicted octanol–water partition coefficient (Wildman–Crippen LogP) is 3.45. The van der Waals surface area contributed by atoms with Crippen LogP contribution < -0.4 is 0 Å². The van der Waals surface area contributed by atoms with Crippen LogP contribution in [0.1, 0.15) is 28.4 Å². The Bertz CT molecular complexity index is 438. The van der Waals surface area contributed by atoms with Crippen molar-refractivity contribution in [2.45, 2.75) is 33.1 Å². The van der Waals surface area contributed by atoms with E-state index in [-0.39, 0.29) is 0 Å². The van der Waals surface area contributed by atoms with Crippen molar-refractivity contribution >= 4 is 5.78 Å². The van der Waals surface area contributed by atoms with Crippen molar-refractivity contribution in [3.8, 4) is 0 Å². The van der Waals surface area contributed by atoms with Crippen LogP contribution in [0.4, 0.5) is 13.2 Å². The lowest BCUT2D eigenvalue weighted by molar-refractivity contribution is -0.179. The second kappa shape index (κ2) is 5.52. The summed E-state index contributed by atoms with van der Waals surface area (Å²) in [5.74, 6) is -0.430. The number of alkyl halides is 3. The third-order valence-electron chi connectivity index (χ3n) is 2.52. The van der Waals surface area contributed by atoms with Gasteiger partial charge in [0.05, 0.1) is 0 Å². The SMILES string of the molecule is Cc1ccc(C)c(C(=O)C(C)OCC(F)(F)F)c1. The molecule has 0 aliphatic heterocycles. The van der Waals surface area contributed by atoms with Crippen LogP contribution in [0, 0.1) is 13.8 Å². The number of Topliss-reactive ketones (excluding diaryl/α,β-unsaturated/α-hetero) is 1. The summed E-state index contributed by atoms with van der Waals surface area (Å²) in [5.41, 5.74) is 2.02. The summed E-state index contributed by atoms with van der Waals surface area (Å²) < 4.78 is 40.5. The first-order valence-electron chi connectivity index (χ1n) is 5.50. The Labute approximate surface area is 104 Å². The Hall–Kier alpha value is -1.36. The number of aryl methyl sites for hydroxylation is 2. The van der Waals surface area contributed by atoms with Gasteiger partial charge in [-0.1, -0.05) is 17.7 Å². The summed E-state index contributed by atoms with van der Waals surface area (Å²) in [5, 5.41) is 0. The molecule has 1 rings (SSSR count). The molecule has 2 nitrogen and oxygen atoms in total. The fourth-order valence-electron chi connectivity index (χ4n) is 1.52. The van der Waals surface area contributed by atoms with E-state index in [1.54, 1.807) is 19.1 Å². The number of rotatable bonds is 4. The number of hydrogen-bond acceptors (Lipinski definition) is 2. The molecule has 18 heavy (non-hydrogen) atoms. The molecular weight excluding hydrogens is 245 g/mol. The van der Waals surface area contributed by atoms with Gasteiger partial charge in [-0.15, -0.1) is 0 Å². The van der Waals surface area contributed by atoms with E-state index in [1.807, 2.05) is 13.0 Å². The highest BCUT2D eigenvalue weighted by Gasteiger charge is 2.30. The van der Waals surface area contributed by atoms with E-state index in [1.165, 1.54) is 6.92 Å². The lowest BCUT2D eigenvalue weighted by atomic mass is 9.99. The third kappa shape index (κ3) is 4.14. The average Bonchev–Trinajstić information content (AvgIpc) is 2.27. The van der Waals surface area contributed by atoms with Crippen LogP contribution in [-0.4, -0.2) is 24.7 Å². The van der Waals surface area contributed by atoms with Gasteiger partial charge in [-0.25, -0.2) is 0 Å². The molecule has 1 aromatic carbocycles. The molecule has 0 amide bonds. The van der Waals surface area contributed by atoms with Crippen molar-refractivity contribution in [2.24, 2.45) is 0 Å². The zero-order valence-electron chi connectivity index (χ0n) is 10.5. The van der Waals surface area contributed by atoms with Gasteiger partial charge >= 0.3 is 6.18 Å². The summed E-state index contributed by atoms with van der Waals surface area (Å²) >= 11 is 0. The molecule has 1 unspecified atom stereocenters. The summed E-state index contributed by atoms with van der Waals surface area (Å²) in [6, 6.07) is 5.26. The van der Waals surface area contributed by atoms with Gasteiger partial charge in [-0.05, 0) is 32.4 Å². The predicted molar refractivity (Wildman–Crippen MR) is 61.7 cm³/mol. The smallest absolute Gasteiger partial charge is 0.361 e. The fourth-order valence-corrected chi connectivity index (χ4v) is 1.52. The van der Waals surface area contributed by atoms with Crippen LogP contribution in [0.3, 0.4) is 0 Å². The summed E-state index contributed by atoms with van der Waals surface area (Å²) in [7, 11) is 0. The van der Waals surface area contributed by atoms with Gasteiger partial charge < -0.3 is 4.74 Å². The van der Waals surface area contributed by atoms with Crippen molar-refractivity contribution in [3.05, 3.63) is 34.9 Å². The molecule has 0 aliphatic carbocycles. The largest absolute Gasteiger partial charge is 0.411 e. The lowest BCUT2D eigenvalue weighted by Crippen LogP contribution is -2.27. The molecule has 1 aromatic rings. The fraction of sp³-hybridized carbons (Fsp3) is 0.462. The highest BCUT2D eigenvalue weighted by Crippen LogP contribution is 2.18. The van der Waals surface area contributed by atoms with Crippen LogP contribution in [0.5, 0.6) is 0 Å². The number of ether oxygens (including phenoxy) is 1. The van der Waals surface area contributed by atoms with E-state index < -0.39 is 24.7 Å². The van der Waals surface area contributed by atoms with Crippen LogP contribution in [0.25, 0.3) is 0 Å². The summed E-state index contributed by atoms with van der Waals surface area (Å²) in [6.07, 6.45) is -5.52. The van der Waals surface area contributed by atoms with E-state index in [0.29, 0.717) is 5.56 Å². The Morgan fingerprint density at radius 3 is 2.50 bits per heavy atom. The van der Waals surface area contributed by atoms with Crippen molar-refractivity contribution in [1.29, 1.82) is 0 Å². The van der Waals surface area contributed by atoms with E-state index in [9.17, 15) is 18.0 Å². The number of hydrogen-bond donors (Lipinski definition) is 0. The minimum Gasteiger partial charge on any atom is -0.361 e. The first kappa shape index (κ1) is 14.7. The molecule has 0 spiro atoms. The first-order valence-corrected chi connectivity index (χ1v) is 5.50. The molecular formula is C13H15F3O2. The molecule has 100 valence electrons. The minimum absolute atomic E-state index is 0.407. The molecule has 0 N–H and O–H groups in total. The molecule has 5 heteroatoms. The van der Waals surface area contributed by atoms with Gasteiger partial charge in [0, 0.05) is 5.56 Å². The first-order chi connectivity index (χ1) is 8.20. The number of carbonyl (C=O) groups is 1. The maximum atomic E-state index is 12.0.